The van der Waals surface area contributed by atoms with Gasteiger partial charge in [0.15, 0.2) is 6.61 Å². The van der Waals surface area contributed by atoms with Gasteiger partial charge in [0.05, 0.1) is 5.92 Å². The molecular formula is C14H16ClNO4. The van der Waals surface area contributed by atoms with E-state index >= 15 is 0 Å². The van der Waals surface area contributed by atoms with Crippen LogP contribution < -0.4 is 10.1 Å². The van der Waals surface area contributed by atoms with Crippen LogP contribution >= 0.6 is 11.6 Å². The van der Waals surface area contributed by atoms with E-state index in [2.05, 4.69) is 5.32 Å². The van der Waals surface area contributed by atoms with Crippen LogP contribution in [0, 0.1) is 12.8 Å². The second-order valence-corrected chi connectivity index (χ2v) is 5.41. The number of amides is 1. The number of ether oxygens (including phenoxy) is 1. The van der Waals surface area contributed by atoms with E-state index in [9.17, 15) is 9.59 Å². The van der Waals surface area contributed by atoms with Gasteiger partial charge in [0.1, 0.15) is 5.75 Å². The van der Waals surface area contributed by atoms with Crippen LogP contribution in [0.1, 0.15) is 18.4 Å². The molecule has 108 valence electrons. The first-order chi connectivity index (χ1) is 9.45. The summed E-state index contributed by atoms with van der Waals surface area (Å²) in [4.78, 5) is 22.3. The van der Waals surface area contributed by atoms with Crippen LogP contribution in [0.2, 0.25) is 5.02 Å². The average molecular weight is 298 g/mol. The van der Waals surface area contributed by atoms with Gasteiger partial charge in [-0.15, -0.1) is 0 Å². The molecule has 0 bridgehead atoms. The molecule has 0 radical (unpaired) electrons. The lowest BCUT2D eigenvalue weighted by molar-refractivity contribution is -0.146. The summed E-state index contributed by atoms with van der Waals surface area (Å²) in [5, 5.41) is 12.1. The van der Waals surface area contributed by atoms with E-state index in [1.165, 1.54) is 0 Å². The van der Waals surface area contributed by atoms with Crippen LogP contribution in [0.4, 0.5) is 0 Å². The molecule has 1 aromatic rings. The van der Waals surface area contributed by atoms with E-state index in [1.54, 1.807) is 18.2 Å². The van der Waals surface area contributed by atoms with Crippen LogP contribution in [0.25, 0.3) is 0 Å². The number of aryl methyl sites for hydroxylation is 1. The minimum absolute atomic E-state index is 0.0569. The third kappa shape index (κ3) is 3.63. The summed E-state index contributed by atoms with van der Waals surface area (Å²) in [7, 11) is 0. The molecule has 1 saturated carbocycles. The van der Waals surface area contributed by atoms with Gasteiger partial charge in [-0.05, 0) is 43.5 Å². The van der Waals surface area contributed by atoms with Gasteiger partial charge in [0, 0.05) is 11.1 Å². The molecule has 0 heterocycles. The molecule has 2 N–H and O–H groups in total. The molecule has 1 aliphatic rings. The van der Waals surface area contributed by atoms with Crippen molar-refractivity contribution < 1.29 is 19.4 Å². The van der Waals surface area contributed by atoms with Crippen molar-refractivity contribution >= 4 is 23.5 Å². The molecule has 0 aromatic heterocycles. The Morgan fingerprint density at radius 3 is 2.75 bits per heavy atom. The molecule has 6 heteroatoms. The van der Waals surface area contributed by atoms with Gasteiger partial charge < -0.3 is 15.2 Å². The van der Waals surface area contributed by atoms with Crippen molar-refractivity contribution in [3.8, 4) is 5.75 Å². The maximum atomic E-state index is 11.7. The Labute approximate surface area is 121 Å². The van der Waals surface area contributed by atoms with Gasteiger partial charge >= 0.3 is 5.97 Å². The van der Waals surface area contributed by atoms with E-state index in [-0.39, 0.29) is 24.5 Å². The van der Waals surface area contributed by atoms with Crippen molar-refractivity contribution in [1.82, 2.24) is 5.32 Å². The number of hydrogen-bond donors (Lipinski definition) is 2. The highest BCUT2D eigenvalue weighted by molar-refractivity contribution is 6.30. The Morgan fingerprint density at radius 1 is 1.45 bits per heavy atom. The van der Waals surface area contributed by atoms with Gasteiger partial charge in [0.25, 0.3) is 5.91 Å². The largest absolute Gasteiger partial charge is 0.484 e. The summed E-state index contributed by atoms with van der Waals surface area (Å²) < 4.78 is 5.41. The Morgan fingerprint density at radius 2 is 2.15 bits per heavy atom. The molecule has 1 amide bonds. The summed E-state index contributed by atoms with van der Waals surface area (Å²) in [6, 6.07) is 5.12. The van der Waals surface area contributed by atoms with Crippen LogP contribution in [0.5, 0.6) is 5.75 Å². The first-order valence-corrected chi connectivity index (χ1v) is 6.74. The number of aliphatic carboxylic acids is 1. The van der Waals surface area contributed by atoms with E-state index < -0.39 is 5.97 Å². The monoisotopic (exact) mass is 297 g/mol. The SMILES string of the molecule is Cc1cc(Cl)ccc1OCC(=O)NC1CC(C(=O)O)C1. The number of rotatable bonds is 5. The smallest absolute Gasteiger partial charge is 0.306 e. The molecular weight excluding hydrogens is 282 g/mol. The molecule has 0 unspecified atom stereocenters. The summed E-state index contributed by atoms with van der Waals surface area (Å²) >= 11 is 5.83. The Bertz CT molecular complexity index is 526. The Hall–Kier alpha value is -1.75. The van der Waals surface area contributed by atoms with Crippen LogP contribution in [0.3, 0.4) is 0 Å². The number of carbonyl (C=O) groups excluding carboxylic acids is 1. The minimum Gasteiger partial charge on any atom is -0.484 e. The van der Waals surface area contributed by atoms with Gasteiger partial charge in [-0.3, -0.25) is 9.59 Å². The summed E-state index contributed by atoms with van der Waals surface area (Å²) in [6.07, 6.45) is 0.974. The zero-order valence-corrected chi connectivity index (χ0v) is 11.8. The fourth-order valence-electron chi connectivity index (χ4n) is 2.12. The topological polar surface area (TPSA) is 75.6 Å². The standard InChI is InChI=1S/C14H16ClNO4/c1-8-4-10(15)2-3-12(8)20-7-13(17)16-11-5-9(6-11)14(18)19/h2-4,9,11H,5-7H2,1H3,(H,16,17)(H,18,19). The number of carboxylic acid groups (broad SMARTS) is 1. The second kappa shape index (κ2) is 6.13. The predicted molar refractivity (Wildman–Crippen MR) is 74.0 cm³/mol. The summed E-state index contributed by atoms with van der Waals surface area (Å²) in [6.45, 7) is 1.76. The quantitative estimate of drug-likeness (QED) is 0.871. The van der Waals surface area contributed by atoms with Gasteiger partial charge in [0.2, 0.25) is 0 Å². The third-order valence-electron chi connectivity index (χ3n) is 3.35. The maximum absolute atomic E-state index is 11.7. The van der Waals surface area contributed by atoms with E-state index in [0.29, 0.717) is 23.6 Å². The van der Waals surface area contributed by atoms with E-state index in [0.717, 1.165) is 5.56 Å². The van der Waals surface area contributed by atoms with Crippen molar-refractivity contribution in [2.45, 2.75) is 25.8 Å². The zero-order chi connectivity index (χ0) is 14.7. The van der Waals surface area contributed by atoms with Crippen molar-refractivity contribution in [3.05, 3.63) is 28.8 Å². The van der Waals surface area contributed by atoms with Crippen LogP contribution in [0.15, 0.2) is 18.2 Å². The highest BCUT2D eigenvalue weighted by atomic mass is 35.5. The lowest BCUT2D eigenvalue weighted by Crippen LogP contribution is -2.48. The molecule has 0 aliphatic heterocycles. The molecule has 0 spiro atoms. The predicted octanol–water partition coefficient (Wildman–Crippen LogP) is 2.01. The van der Waals surface area contributed by atoms with Crippen molar-refractivity contribution in [3.63, 3.8) is 0 Å². The first kappa shape index (κ1) is 14.7. The van der Waals surface area contributed by atoms with Crippen molar-refractivity contribution in [2.24, 2.45) is 5.92 Å². The summed E-state index contributed by atoms with van der Waals surface area (Å²) in [5.74, 6) is -0.766. The van der Waals surface area contributed by atoms with E-state index in [1.807, 2.05) is 6.92 Å². The van der Waals surface area contributed by atoms with Crippen molar-refractivity contribution in [2.75, 3.05) is 6.61 Å². The highest BCUT2D eigenvalue weighted by Crippen LogP contribution is 2.27. The lowest BCUT2D eigenvalue weighted by Gasteiger charge is -2.32. The number of carbonyl (C=O) groups is 2. The van der Waals surface area contributed by atoms with Crippen LogP contribution in [-0.4, -0.2) is 29.6 Å². The molecule has 0 atom stereocenters. The molecule has 1 aromatic carbocycles. The number of hydrogen-bond acceptors (Lipinski definition) is 3. The molecule has 20 heavy (non-hydrogen) atoms. The highest BCUT2D eigenvalue weighted by Gasteiger charge is 2.35. The average Bonchev–Trinajstić information content (AvgIpc) is 2.31. The van der Waals surface area contributed by atoms with E-state index in [4.69, 9.17) is 21.4 Å². The molecule has 5 nitrogen and oxygen atoms in total. The molecule has 1 aliphatic carbocycles. The Kier molecular flexibility index (Phi) is 4.49. The number of carboxylic acids is 1. The number of nitrogens with one attached hydrogen (secondary N) is 1. The third-order valence-corrected chi connectivity index (χ3v) is 3.58. The fraction of sp³-hybridized carbons (Fsp3) is 0.429. The molecule has 2 rings (SSSR count). The molecule has 0 saturated heterocycles. The van der Waals surface area contributed by atoms with Crippen LogP contribution in [-0.2, 0) is 9.59 Å². The van der Waals surface area contributed by atoms with Gasteiger partial charge in [-0.1, -0.05) is 11.6 Å². The molecule has 1 fully saturated rings. The maximum Gasteiger partial charge on any atom is 0.306 e. The summed E-state index contributed by atoms with van der Waals surface area (Å²) in [5.41, 5.74) is 0.861. The fourth-order valence-corrected chi connectivity index (χ4v) is 2.35. The van der Waals surface area contributed by atoms with Gasteiger partial charge in [-0.2, -0.15) is 0 Å². The normalized spacial score (nSPS) is 20.9. The van der Waals surface area contributed by atoms with Crippen molar-refractivity contribution in [1.29, 1.82) is 0 Å². The second-order valence-electron chi connectivity index (χ2n) is 4.97. The first-order valence-electron chi connectivity index (χ1n) is 6.37. The number of benzene rings is 1. The Balaban J connectivity index is 1.74. The number of halogens is 1. The lowest BCUT2D eigenvalue weighted by atomic mass is 9.80. The van der Waals surface area contributed by atoms with Gasteiger partial charge in [-0.25, -0.2) is 0 Å². The zero-order valence-electron chi connectivity index (χ0n) is 11.1. The minimum atomic E-state index is -0.802.